The largest absolute Gasteiger partial charge is 0.419 e. The molecule has 1 N–H and O–H groups in total. The number of carbonyl (C=O) groups is 1. The normalized spacial score (nSPS) is 17.6. The average Bonchev–Trinajstić information content (AvgIpc) is 2.70. The van der Waals surface area contributed by atoms with Gasteiger partial charge >= 0.3 is 12.2 Å². The first-order valence-corrected chi connectivity index (χ1v) is 9.99. The van der Waals surface area contributed by atoms with Gasteiger partial charge in [0.2, 0.25) is 0 Å². The summed E-state index contributed by atoms with van der Waals surface area (Å²) in [5, 5.41) is 2.33. The van der Waals surface area contributed by atoms with Gasteiger partial charge in [-0.3, -0.25) is 4.90 Å². The van der Waals surface area contributed by atoms with Crippen molar-refractivity contribution in [3.05, 3.63) is 65.5 Å². The number of nitrogens with one attached hydrogen (secondary N) is 1. The third-order valence-corrected chi connectivity index (χ3v) is 5.32. The SMILES string of the molecule is CCN(C(=O)Nc1cccc(C(F)(F)F)c1F)C1CCCN(Cc2ccccc2)C1. The molecule has 1 heterocycles. The van der Waals surface area contributed by atoms with Crippen LogP contribution in [0, 0.1) is 5.82 Å². The number of benzene rings is 2. The number of rotatable bonds is 5. The fourth-order valence-corrected chi connectivity index (χ4v) is 3.87. The highest BCUT2D eigenvalue weighted by Crippen LogP contribution is 2.34. The van der Waals surface area contributed by atoms with Crippen LogP contribution in [0.3, 0.4) is 0 Å². The van der Waals surface area contributed by atoms with E-state index in [1.54, 1.807) is 11.8 Å². The summed E-state index contributed by atoms with van der Waals surface area (Å²) < 4.78 is 53.1. The Labute approximate surface area is 173 Å². The Morgan fingerprint density at radius 2 is 1.90 bits per heavy atom. The standard InChI is InChI=1S/C22H25F4N3O/c1-2-29(17-10-7-13-28(15-17)14-16-8-4-3-5-9-16)21(30)27-19-12-6-11-18(20(19)23)22(24,25)26/h3-6,8-9,11-12,17H,2,7,10,13-15H2,1H3,(H,27,30). The van der Waals surface area contributed by atoms with E-state index in [1.165, 1.54) is 5.56 Å². The Morgan fingerprint density at radius 1 is 1.17 bits per heavy atom. The number of nitrogens with zero attached hydrogens (tertiary/aromatic N) is 2. The van der Waals surface area contributed by atoms with Gasteiger partial charge in [0.05, 0.1) is 11.3 Å². The number of amides is 2. The van der Waals surface area contributed by atoms with Gasteiger partial charge in [-0.1, -0.05) is 36.4 Å². The summed E-state index contributed by atoms with van der Waals surface area (Å²) in [6.45, 7) is 4.50. The molecular weight excluding hydrogens is 398 g/mol. The number of likely N-dealkylation sites (N-methyl/N-ethyl adjacent to an activating group) is 1. The quantitative estimate of drug-likeness (QED) is 0.657. The van der Waals surface area contributed by atoms with Gasteiger partial charge in [-0.25, -0.2) is 9.18 Å². The van der Waals surface area contributed by atoms with Crippen molar-refractivity contribution in [3.8, 4) is 0 Å². The lowest BCUT2D eigenvalue weighted by Crippen LogP contribution is -2.51. The van der Waals surface area contributed by atoms with Crippen molar-refractivity contribution in [3.63, 3.8) is 0 Å². The van der Waals surface area contributed by atoms with Gasteiger partial charge in [0.15, 0.2) is 5.82 Å². The highest BCUT2D eigenvalue weighted by Gasteiger charge is 2.35. The van der Waals surface area contributed by atoms with Crippen LogP contribution in [0.15, 0.2) is 48.5 Å². The summed E-state index contributed by atoms with van der Waals surface area (Å²) >= 11 is 0. The predicted octanol–water partition coefficient (Wildman–Crippen LogP) is 5.36. The van der Waals surface area contributed by atoms with Crippen molar-refractivity contribution in [1.82, 2.24) is 9.80 Å². The minimum absolute atomic E-state index is 0.0960. The molecule has 0 bridgehead atoms. The number of halogens is 4. The van der Waals surface area contributed by atoms with Crippen molar-refractivity contribution in [2.24, 2.45) is 0 Å². The summed E-state index contributed by atoms with van der Waals surface area (Å²) in [7, 11) is 0. The Kier molecular flexibility index (Phi) is 6.97. The van der Waals surface area contributed by atoms with Crippen LogP contribution in [0.25, 0.3) is 0 Å². The van der Waals surface area contributed by atoms with E-state index in [0.29, 0.717) is 19.2 Å². The first kappa shape index (κ1) is 22.1. The van der Waals surface area contributed by atoms with Crippen LogP contribution in [-0.4, -0.2) is 41.5 Å². The monoisotopic (exact) mass is 423 g/mol. The highest BCUT2D eigenvalue weighted by atomic mass is 19.4. The smallest absolute Gasteiger partial charge is 0.321 e. The van der Waals surface area contributed by atoms with Crippen molar-refractivity contribution in [2.75, 3.05) is 25.0 Å². The zero-order valence-corrected chi connectivity index (χ0v) is 16.8. The fraction of sp³-hybridized carbons (Fsp3) is 0.409. The number of hydrogen-bond acceptors (Lipinski definition) is 2. The van der Waals surface area contributed by atoms with Gasteiger partial charge in [-0.2, -0.15) is 13.2 Å². The summed E-state index contributed by atoms with van der Waals surface area (Å²) in [6.07, 6.45) is -3.13. The number of likely N-dealkylation sites (tertiary alicyclic amines) is 1. The van der Waals surface area contributed by atoms with Crippen molar-refractivity contribution in [2.45, 2.75) is 38.5 Å². The van der Waals surface area contributed by atoms with Gasteiger partial charge < -0.3 is 10.2 Å². The van der Waals surface area contributed by atoms with E-state index in [0.717, 1.165) is 38.1 Å². The Hall–Kier alpha value is -2.61. The van der Waals surface area contributed by atoms with Crippen LogP contribution < -0.4 is 5.32 Å². The minimum atomic E-state index is -4.82. The van der Waals surface area contributed by atoms with Gasteiger partial charge in [0.25, 0.3) is 0 Å². The number of urea groups is 1. The second kappa shape index (κ2) is 9.47. The lowest BCUT2D eigenvalue weighted by molar-refractivity contribution is -0.139. The van der Waals surface area contributed by atoms with Crippen LogP contribution in [0.1, 0.15) is 30.9 Å². The van der Waals surface area contributed by atoms with Crippen molar-refractivity contribution < 1.29 is 22.4 Å². The lowest BCUT2D eigenvalue weighted by atomic mass is 10.0. The summed E-state index contributed by atoms with van der Waals surface area (Å²) in [6, 6.07) is 12.2. The van der Waals surface area contributed by atoms with Crippen molar-refractivity contribution >= 4 is 11.7 Å². The number of anilines is 1. The third-order valence-electron chi connectivity index (χ3n) is 5.32. The zero-order valence-electron chi connectivity index (χ0n) is 16.8. The maximum Gasteiger partial charge on any atom is 0.419 e. The molecule has 1 unspecified atom stereocenters. The maximum absolute atomic E-state index is 14.3. The molecule has 3 rings (SSSR count). The summed E-state index contributed by atoms with van der Waals surface area (Å²) in [5.74, 6) is -1.47. The molecule has 0 saturated carbocycles. The van der Waals surface area contributed by atoms with Gasteiger partial charge in [-0.15, -0.1) is 0 Å². The molecule has 162 valence electrons. The Balaban J connectivity index is 1.69. The summed E-state index contributed by atoms with van der Waals surface area (Å²) in [5.41, 5.74) is -0.683. The molecule has 0 spiro atoms. The second-order valence-corrected chi connectivity index (χ2v) is 7.40. The van der Waals surface area contributed by atoms with E-state index < -0.39 is 29.3 Å². The van der Waals surface area contributed by atoms with E-state index in [9.17, 15) is 22.4 Å². The molecule has 2 aromatic rings. The molecule has 0 radical (unpaired) electrons. The minimum Gasteiger partial charge on any atom is -0.321 e. The molecule has 2 amide bonds. The molecule has 4 nitrogen and oxygen atoms in total. The van der Waals surface area contributed by atoms with E-state index in [4.69, 9.17) is 0 Å². The fourth-order valence-electron chi connectivity index (χ4n) is 3.87. The maximum atomic E-state index is 14.3. The molecule has 30 heavy (non-hydrogen) atoms. The Morgan fingerprint density at radius 3 is 2.57 bits per heavy atom. The molecule has 1 saturated heterocycles. The van der Waals surface area contributed by atoms with Crippen LogP contribution in [-0.2, 0) is 12.7 Å². The topological polar surface area (TPSA) is 35.6 Å². The molecule has 1 aliphatic heterocycles. The van der Waals surface area contributed by atoms with Crippen molar-refractivity contribution in [1.29, 1.82) is 0 Å². The van der Waals surface area contributed by atoms with Crippen LogP contribution in [0.2, 0.25) is 0 Å². The van der Waals surface area contributed by atoms with Gasteiger partial charge in [0.1, 0.15) is 0 Å². The number of piperidine rings is 1. The molecular formula is C22H25F4N3O. The van der Waals surface area contributed by atoms with Gasteiger partial charge in [-0.05, 0) is 44.0 Å². The molecule has 0 aromatic heterocycles. The van der Waals surface area contributed by atoms with Gasteiger partial charge in [0, 0.05) is 25.7 Å². The molecule has 2 aromatic carbocycles. The highest BCUT2D eigenvalue weighted by molar-refractivity contribution is 5.89. The lowest BCUT2D eigenvalue weighted by Gasteiger charge is -2.39. The van der Waals surface area contributed by atoms with Crippen LogP contribution in [0.4, 0.5) is 28.0 Å². The second-order valence-electron chi connectivity index (χ2n) is 7.40. The average molecular weight is 423 g/mol. The molecule has 0 aliphatic carbocycles. The predicted molar refractivity (Wildman–Crippen MR) is 108 cm³/mol. The number of hydrogen-bond donors (Lipinski definition) is 1. The zero-order chi connectivity index (χ0) is 21.7. The summed E-state index contributed by atoms with van der Waals surface area (Å²) in [4.78, 5) is 16.6. The number of alkyl halides is 3. The molecule has 1 atom stereocenters. The molecule has 1 fully saturated rings. The van der Waals surface area contributed by atoms with Crippen LogP contribution in [0.5, 0.6) is 0 Å². The van der Waals surface area contributed by atoms with E-state index >= 15 is 0 Å². The van der Waals surface area contributed by atoms with E-state index in [2.05, 4.69) is 10.2 Å². The van der Waals surface area contributed by atoms with E-state index in [-0.39, 0.29) is 6.04 Å². The molecule has 1 aliphatic rings. The van der Waals surface area contributed by atoms with Crippen LogP contribution >= 0.6 is 0 Å². The molecule has 8 heteroatoms. The first-order chi connectivity index (χ1) is 14.3. The Bertz CT molecular complexity index is 857. The van der Waals surface area contributed by atoms with E-state index in [1.807, 2.05) is 30.3 Å². The number of carbonyl (C=O) groups excluding carboxylic acids is 1. The first-order valence-electron chi connectivity index (χ1n) is 9.99. The third kappa shape index (κ3) is 5.30.